The van der Waals surface area contributed by atoms with E-state index in [1.807, 2.05) is 35.2 Å². The standard InChI is InChI=1S/C21H31F2N3.C2HF3O2/c22-21(23)17-25(16-18-4-2-1-3-5-18)13-6-19(21)26-14-9-20(10-15-26)7-11-24-12-8-20;3-2(4,5)1(6)7/h1-5,19,24H,6-17H2;(H,6,7). The van der Waals surface area contributed by atoms with Gasteiger partial charge in [-0.2, -0.15) is 13.2 Å². The fourth-order valence-corrected chi connectivity index (χ4v) is 5.19. The van der Waals surface area contributed by atoms with Crippen LogP contribution in [0.2, 0.25) is 0 Å². The Morgan fingerprint density at radius 3 is 2.12 bits per heavy atom. The number of hydrogen-bond donors (Lipinski definition) is 2. The van der Waals surface area contributed by atoms with Crippen LogP contribution in [0.5, 0.6) is 0 Å². The van der Waals surface area contributed by atoms with Crippen molar-refractivity contribution in [2.75, 3.05) is 39.3 Å². The SMILES string of the molecule is FC1(F)CN(Cc2ccccc2)CCC1N1CCC2(CCNCC2)CC1.O=C(O)C(F)(F)F. The molecule has 1 aromatic rings. The quantitative estimate of drug-likeness (QED) is 0.645. The van der Waals surface area contributed by atoms with Crippen molar-refractivity contribution in [2.24, 2.45) is 5.41 Å². The smallest absolute Gasteiger partial charge is 0.475 e. The number of carbonyl (C=O) groups is 1. The predicted octanol–water partition coefficient (Wildman–Crippen LogP) is 4.00. The van der Waals surface area contributed by atoms with Crippen LogP contribution in [0.4, 0.5) is 22.0 Å². The first-order valence-corrected chi connectivity index (χ1v) is 11.4. The number of nitrogens with zero attached hydrogens (tertiary/aromatic N) is 2. The van der Waals surface area contributed by atoms with Gasteiger partial charge in [-0.05, 0) is 69.3 Å². The summed E-state index contributed by atoms with van der Waals surface area (Å²) in [6.45, 7) is 5.15. The van der Waals surface area contributed by atoms with Gasteiger partial charge in [0.25, 0.3) is 5.92 Å². The number of aliphatic carboxylic acids is 1. The van der Waals surface area contributed by atoms with E-state index in [2.05, 4.69) is 10.2 Å². The zero-order valence-corrected chi connectivity index (χ0v) is 18.6. The lowest BCUT2D eigenvalue weighted by Crippen LogP contribution is -2.60. The lowest BCUT2D eigenvalue weighted by molar-refractivity contribution is -0.192. The number of benzene rings is 1. The molecule has 1 unspecified atom stereocenters. The summed E-state index contributed by atoms with van der Waals surface area (Å²) < 4.78 is 61.6. The molecular weight excluding hydrogens is 445 g/mol. The van der Waals surface area contributed by atoms with E-state index in [0.717, 1.165) is 51.1 Å². The van der Waals surface area contributed by atoms with Gasteiger partial charge >= 0.3 is 12.1 Å². The van der Waals surface area contributed by atoms with E-state index < -0.39 is 24.1 Å². The molecule has 3 heterocycles. The molecule has 4 rings (SSSR count). The number of rotatable bonds is 3. The summed E-state index contributed by atoms with van der Waals surface area (Å²) in [4.78, 5) is 12.9. The third-order valence-electron chi connectivity index (χ3n) is 7.10. The van der Waals surface area contributed by atoms with Crippen LogP contribution in [0.15, 0.2) is 30.3 Å². The third kappa shape index (κ3) is 7.10. The Morgan fingerprint density at radius 1 is 1.03 bits per heavy atom. The van der Waals surface area contributed by atoms with E-state index in [-0.39, 0.29) is 6.54 Å². The van der Waals surface area contributed by atoms with Gasteiger partial charge in [-0.15, -0.1) is 0 Å². The van der Waals surface area contributed by atoms with Gasteiger partial charge in [0.15, 0.2) is 0 Å². The maximum Gasteiger partial charge on any atom is 0.490 e. The molecule has 3 aliphatic heterocycles. The van der Waals surface area contributed by atoms with Gasteiger partial charge in [0.05, 0.1) is 12.6 Å². The predicted molar refractivity (Wildman–Crippen MR) is 114 cm³/mol. The normalized spacial score (nSPS) is 25.8. The van der Waals surface area contributed by atoms with E-state index in [9.17, 15) is 22.0 Å². The first-order valence-electron chi connectivity index (χ1n) is 11.4. The molecular formula is C23H32F5N3O2. The van der Waals surface area contributed by atoms with Gasteiger partial charge in [-0.3, -0.25) is 9.80 Å². The van der Waals surface area contributed by atoms with E-state index >= 15 is 0 Å². The van der Waals surface area contributed by atoms with Crippen LogP contribution in [-0.2, 0) is 11.3 Å². The van der Waals surface area contributed by atoms with Crippen LogP contribution >= 0.6 is 0 Å². The second kappa shape index (κ2) is 10.7. The Labute approximate surface area is 190 Å². The molecule has 10 heteroatoms. The molecule has 2 N–H and O–H groups in total. The molecule has 33 heavy (non-hydrogen) atoms. The van der Waals surface area contributed by atoms with Crippen molar-refractivity contribution < 1.29 is 31.9 Å². The Kier molecular flexibility index (Phi) is 8.34. The van der Waals surface area contributed by atoms with Gasteiger partial charge in [-0.1, -0.05) is 30.3 Å². The first-order chi connectivity index (χ1) is 15.5. The van der Waals surface area contributed by atoms with Crippen LogP contribution in [0.3, 0.4) is 0 Å². The number of alkyl halides is 5. The number of halogens is 5. The Bertz CT molecular complexity index is 759. The maximum absolute atomic E-state index is 14.9. The highest BCUT2D eigenvalue weighted by Crippen LogP contribution is 2.42. The fourth-order valence-electron chi connectivity index (χ4n) is 5.19. The highest BCUT2D eigenvalue weighted by Gasteiger charge is 2.49. The van der Waals surface area contributed by atoms with Gasteiger partial charge in [0.2, 0.25) is 0 Å². The van der Waals surface area contributed by atoms with Crippen LogP contribution < -0.4 is 5.32 Å². The summed E-state index contributed by atoms with van der Waals surface area (Å²) >= 11 is 0. The lowest BCUT2D eigenvalue weighted by atomic mass is 9.71. The molecule has 3 saturated heterocycles. The van der Waals surface area contributed by atoms with Crippen molar-refractivity contribution in [3.05, 3.63) is 35.9 Å². The minimum absolute atomic E-state index is 0.113. The summed E-state index contributed by atoms with van der Waals surface area (Å²) in [6.07, 6.45) is 0.109. The zero-order valence-electron chi connectivity index (χ0n) is 18.6. The highest BCUT2D eigenvalue weighted by molar-refractivity contribution is 5.73. The molecule has 1 spiro atoms. The summed E-state index contributed by atoms with van der Waals surface area (Å²) in [6, 6.07) is 9.39. The molecule has 0 saturated carbocycles. The lowest BCUT2D eigenvalue weighted by Gasteiger charge is -2.49. The van der Waals surface area contributed by atoms with Crippen molar-refractivity contribution in [1.29, 1.82) is 0 Å². The van der Waals surface area contributed by atoms with E-state index in [1.165, 1.54) is 12.8 Å². The van der Waals surface area contributed by atoms with Crippen molar-refractivity contribution in [2.45, 2.75) is 56.8 Å². The number of nitrogens with one attached hydrogen (secondary N) is 1. The van der Waals surface area contributed by atoms with Crippen LogP contribution in [-0.4, -0.2) is 78.3 Å². The van der Waals surface area contributed by atoms with Crippen molar-refractivity contribution in [1.82, 2.24) is 15.1 Å². The van der Waals surface area contributed by atoms with Crippen LogP contribution in [0, 0.1) is 5.41 Å². The topological polar surface area (TPSA) is 55.8 Å². The largest absolute Gasteiger partial charge is 0.490 e. The monoisotopic (exact) mass is 477 g/mol. The average molecular weight is 478 g/mol. The van der Waals surface area contributed by atoms with Crippen molar-refractivity contribution in [3.63, 3.8) is 0 Å². The van der Waals surface area contributed by atoms with E-state index in [4.69, 9.17) is 9.90 Å². The van der Waals surface area contributed by atoms with Gasteiger partial charge < -0.3 is 10.4 Å². The Morgan fingerprint density at radius 2 is 1.61 bits per heavy atom. The Hall–Kier alpha value is -1.78. The molecule has 5 nitrogen and oxygen atoms in total. The molecule has 0 aliphatic carbocycles. The summed E-state index contributed by atoms with van der Waals surface area (Å²) in [7, 11) is 0. The molecule has 1 atom stereocenters. The summed E-state index contributed by atoms with van der Waals surface area (Å²) in [5.74, 6) is -5.38. The molecule has 1 aromatic carbocycles. The molecule has 0 aromatic heterocycles. The third-order valence-corrected chi connectivity index (χ3v) is 7.10. The van der Waals surface area contributed by atoms with Crippen molar-refractivity contribution in [3.8, 4) is 0 Å². The molecule has 3 fully saturated rings. The molecule has 0 amide bonds. The summed E-state index contributed by atoms with van der Waals surface area (Å²) in [5, 5.41) is 10.6. The van der Waals surface area contributed by atoms with Crippen molar-refractivity contribution >= 4 is 5.97 Å². The number of hydrogen-bond acceptors (Lipinski definition) is 4. The Balaban J connectivity index is 0.000000383. The fraction of sp³-hybridized carbons (Fsp3) is 0.696. The molecule has 0 radical (unpaired) electrons. The van der Waals surface area contributed by atoms with Crippen LogP contribution in [0.1, 0.15) is 37.7 Å². The maximum atomic E-state index is 14.9. The second-order valence-electron chi connectivity index (χ2n) is 9.35. The minimum atomic E-state index is -5.08. The number of carboxylic acids is 1. The van der Waals surface area contributed by atoms with Gasteiger partial charge in [0, 0.05) is 13.1 Å². The number of piperidine rings is 3. The molecule has 186 valence electrons. The second-order valence-corrected chi connectivity index (χ2v) is 9.35. The molecule has 3 aliphatic rings. The van der Waals surface area contributed by atoms with E-state index in [0.29, 0.717) is 18.4 Å². The van der Waals surface area contributed by atoms with E-state index in [1.54, 1.807) is 0 Å². The highest BCUT2D eigenvalue weighted by atomic mass is 19.4. The minimum Gasteiger partial charge on any atom is -0.475 e. The molecule has 0 bridgehead atoms. The number of carboxylic acid groups (broad SMARTS) is 1. The number of likely N-dealkylation sites (tertiary alicyclic amines) is 2. The van der Waals surface area contributed by atoms with Gasteiger partial charge in [-0.25, -0.2) is 13.6 Å². The van der Waals surface area contributed by atoms with Crippen LogP contribution in [0.25, 0.3) is 0 Å². The zero-order chi connectivity index (χ0) is 24.1. The van der Waals surface area contributed by atoms with Gasteiger partial charge in [0.1, 0.15) is 0 Å². The average Bonchev–Trinajstić information content (AvgIpc) is 2.75. The first kappa shape index (κ1) is 25.8. The summed E-state index contributed by atoms with van der Waals surface area (Å²) in [5.41, 5.74) is 1.54.